The fourth-order valence-electron chi connectivity index (χ4n) is 4.13. The van der Waals surface area contributed by atoms with Crippen molar-refractivity contribution >= 4 is 28.7 Å². The third kappa shape index (κ3) is 5.61. The summed E-state index contributed by atoms with van der Waals surface area (Å²) >= 11 is 1.69. The zero-order chi connectivity index (χ0) is 23.2. The van der Waals surface area contributed by atoms with Crippen molar-refractivity contribution in [2.24, 2.45) is 0 Å². The number of likely N-dealkylation sites (tertiary alicyclic amines) is 1. The van der Waals surface area contributed by atoms with Crippen molar-refractivity contribution in [2.45, 2.75) is 29.4 Å². The van der Waals surface area contributed by atoms with Gasteiger partial charge in [-0.25, -0.2) is 4.98 Å². The van der Waals surface area contributed by atoms with Crippen LogP contribution in [0.4, 0.5) is 0 Å². The molecule has 176 valence electrons. The Morgan fingerprint density at radius 2 is 2.06 bits per heavy atom. The second kappa shape index (κ2) is 10.9. The summed E-state index contributed by atoms with van der Waals surface area (Å²) in [5.41, 5.74) is 2.99. The lowest BCUT2D eigenvalue weighted by atomic mass is 10.1. The van der Waals surface area contributed by atoms with Crippen LogP contribution in [0, 0.1) is 0 Å². The number of rotatable bonds is 10. The predicted octanol–water partition coefficient (Wildman–Crippen LogP) is 3.08. The number of ether oxygens (including phenoxy) is 3. The van der Waals surface area contributed by atoms with Crippen LogP contribution in [0.3, 0.4) is 0 Å². The number of aromatic nitrogens is 2. The van der Waals surface area contributed by atoms with Gasteiger partial charge in [-0.3, -0.25) is 9.69 Å². The molecule has 0 unspecified atom stereocenters. The van der Waals surface area contributed by atoms with E-state index in [1.807, 2.05) is 42.5 Å². The molecule has 1 saturated heterocycles. The van der Waals surface area contributed by atoms with Crippen LogP contribution in [0.25, 0.3) is 11.0 Å². The molecule has 1 amide bonds. The van der Waals surface area contributed by atoms with Crippen molar-refractivity contribution in [3.8, 4) is 11.5 Å². The highest BCUT2D eigenvalue weighted by Crippen LogP contribution is 2.35. The molecule has 1 aliphatic heterocycles. The van der Waals surface area contributed by atoms with Gasteiger partial charge in [0.05, 0.1) is 37.9 Å². The normalized spacial score (nSPS) is 18.5. The van der Waals surface area contributed by atoms with Crippen molar-refractivity contribution in [1.29, 1.82) is 0 Å². The minimum Gasteiger partial charge on any atom is -0.497 e. The Balaban J connectivity index is 1.51. The lowest BCUT2D eigenvalue weighted by molar-refractivity contribution is -0.125. The molecule has 1 aromatic heterocycles. The number of H-pyrrole nitrogens is 1. The van der Waals surface area contributed by atoms with Gasteiger partial charge in [0.25, 0.3) is 0 Å². The van der Waals surface area contributed by atoms with Crippen LogP contribution in [-0.4, -0.2) is 73.1 Å². The highest BCUT2D eigenvalue weighted by Gasteiger charge is 2.38. The van der Waals surface area contributed by atoms with Gasteiger partial charge in [-0.15, -0.1) is 0 Å². The topological polar surface area (TPSA) is 88.7 Å². The molecule has 1 aliphatic rings. The van der Waals surface area contributed by atoms with Crippen LogP contribution in [0.15, 0.2) is 47.6 Å². The van der Waals surface area contributed by atoms with E-state index in [1.165, 1.54) is 0 Å². The molecule has 2 heterocycles. The van der Waals surface area contributed by atoms with Crippen molar-refractivity contribution < 1.29 is 19.0 Å². The van der Waals surface area contributed by atoms with E-state index in [9.17, 15) is 4.79 Å². The van der Waals surface area contributed by atoms with Crippen molar-refractivity contribution in [3.05, 3.63) is 48.0 Å². The molecule has 8 nitrogen and oxygen atoms in total. The van der Waals surface area contributed by atoms with E-state index in [0.29, 0.717) is 19.7 Å². The quantitative estimate of drug-likeness (QED) is 0.440. The zero-order valence-electron chi connectivity index (χ0n) is 19.2. The van der Waals surface area contributed by atoms with E-state index in [4.69, 9.17) is 19.2 Å². The summed E-state index contributed by atoms with van der Waals surface area (Å²) in [6.45, 7) is 2.35. The van der Waals surface area contributed by atoms with Gasteiger partial charge in [-0.05, 0) is 24.6 Å². The van der Waals surface area contributed by atoms with Crippen molar-refractivity contribution in [3.63, 3.8) is 0 Å². The maximum atomic E-state index is 13.0. The standard InChI is InChI=1S/C24H30N4O4S/c1-30-11-10-25-23(29)21-13-18(33-24-26-19-6-4-5-7-20(19)27-24)15-28(21)14-16-8-9-17(31-2)12-22(16)32-3/h4-9,12,18,21H,10-11,13-15H2,1-3H3,(H,25,29)(H,26,27)/t18-,21+/m1/s1. The first-order valence-electron chi connectivity index (χ1n) is 10.9. The maximum Gasteiger partial charge on any atom is 0.237 e. The summed E-state index contributed by atoms with van der Waals surface area (Å²) in [5, 5.41) is 4.11. The van der Waals surface area contributed by atoms with Crippen LogP contribution in [0.1, 0.15) is 12.0 Å². The van der Waals surface area contributed by atoms with E-state index < -0.39 is 0 Å². The lowest BCUT2D eigenvalue weighted by Crippen LogP contribution is -2.43. The predicted molar refractivity (Wildman–Crippen MR) is 129 cm³/mol. The fraction of sp³-hybridized carbons (Fsp3) is 0.417. The van der Waals surface area contributed by atoms with E-state index in [-0.39, 0.29) is 17.2 Å². The highest BCUT2D eigenvalue weighted by molar-refractivity contribution is 7.99. The number of nitrogens with one attached hydrogen (secondary N) is 2. The number of hydrogen-bond donors (Lipinski definition) is 2. The van der Waals surface area contributed by atoms with Crippen molar-refractivity contribution in [2.75, 3.05) is 41.0 Å². The Hall–Kier alpha value is -2.75. The largest absolute Gasteiger partial charge is 0.497 e. The summed E-state index contributed by atoms with van der Waals surface area (Å²) in [6, 6.07) is 13.6. The zero-order valence-corrected chi connectivity index (χ0v) is 20.0. The van der Waals surface area contributed by atoms with Gasteiger partial charge in [0.2, 0.25) is 5.91 Å². The molecule has 2 atom stereocenters. The molecule has 0 spiro atoms. The third-order valence-corrected chi connectivity index (χ3v) is 6.88. The monoisotopic (exact) mass is 470 g/mol. The highest BCUT2D eigenvalue weighted by atomic mass is 32.2. The third-order valence-electron chi connectivity index (χ3n) is 5.79. The summed E-state index contributed by atoms with van der Waals surface area (Å²) in [6.07, 6.45) is 0.735. The summed E-state index contributed by atoms with van der Waals surface area (Å²) in [5.74, 6) is 1.51. The Morgan fingerprint density at radius 1 is 1.21 bits per heavy atom. The molecule has 0 bridgehead atoms. The first kappa shape index (κ1) is 23.4. The second-order valence-electron chi connectivity index (χ2n) is 7.94. The van der Waals surface area contributed by atoms with E-state index >= 15 is 0 Å². The number of carbonyl (C=O) groups excluding carboxylic acids is 1. The number of thioether (sulfide) groups is 1. The minimum absolute atomic E-state index is 0.0206. The Bertz CT molecular complexity index is 1060. The molecule has 2 aromatic carbocycles. The number of benzene rings is 2. The second-order valence-corrected chi connectivity index (χ2v) is 9.23. The first-order valence-corrected chi connectivity index (χ1v) is 11.8. The number of imidazole rings is 1. The van der Waals surface area contributed by atoms with Crippen LogP contribution in [0.2, 0.25) is 0 Å². The number of methoxy groups -OCH3 is 3. The van der Waals surface area contributed by atoms with Crippen LogP contribution in [-0.2, 0) is 16.1 Å². The van der Waals surface area contributed by atoms with Gasteiger partial charge >= 0.3 is 0 Å². The number of hydrogen-bond acceptors (Lipinski definition) is 7. The molecule has 2 N–H and O–H groups in total. The molecule has 33 heavy (non-hydrogen) atoms. The summed E-state index contributed by atoms with van der Waals surface area (Å²) in [7, 11) is 4.91. The molecule has 9 heteroatoms. The number of aromatic amines is 1. The Labute approximate surface area is 198 Å². The van der Waals surface area contributed by atoms with Gasteiger partial charge in [0.15, 0.2) is 5.16 Å². The van der Waals surface area contributed by atoms with Crippen LogP contribution in [0.5, 0.6) is 11.5 Å². The van der Waals surface area contributed by atoms with E-state index in [0.717, 1.165) is 46.2 Å². The molecule has 4 rings (SSSR count). The van der Waals surface area contributed by atoms with Gasteiger partial charge in [0.1, 0.15) is 11.5 Å². The minimum atomic E-state index is -0.240. The number of fused-ring (bicyclic) bond motifs is 1. The number of amides is 1. The molecular weight excluding hydrogens is 440 g/mol. The molecular formula is C24H30N4O4S. The lowest BCUT2D eigenvalue weighted by Gasteiger charge is -2.24. The fourth-order valence-corrected chi connectivity index (χ4v) is 5.31. The first-order chi connectivity index (χ1) is 16.1. The SMILES string of the molecule is COCCNC(=O)[C@@H]1C[C@@H](Sc2nc3ccccc3[nH]2)CN1Cc1ccc(OC)cc1OC. The average molecular weight is 471 g/mol. The molecule has 1 fully saturated rings. The molecule has 0 saturated carbocycles. The average Bonchev–Trinajstić information content (AvgIpc) is 3.42. The van der Waals surface area contributed by atoms with Gasteiger partial charge in [0, 0.05) is 43.6 Å². The van der Waals surface area contributed by atoms with Crippen LogP contribution >= 0.6 is 11.8 Å². The van der Waals surface area contributed by atoms with Gasteiger partial charge < -0.3 is 24.5 Å². The van der Waals surface area contributed by atoms with Gasteiger partial charge in [-0.1, -0.05) is 30.0 Å². The number of carbonyl (C=O) groups is 1. The van der Waals surface area contributed by atoms with Gasteiger partial charge in [-0.2, -0.15) is 0 Å². The Kier molecular flexibility index (Phi) is 7.74. The summed E-state index contributed by atoms with van der Waals surface area (Å²) in [4.78, 5) is 23.3. The number of nitrogens with zero attached hydrogens (tertiary/aromatic N) is 2. The molecule has 3 aromatic rings. The van der Waals surface area contributed by atoms with Crippen molar-refractivity contribution in [1.82, 2.24) is 20.2 Å². The van der Waals surface area contributed by atoms with Crippen LogP contribution < -0.4 is 14.8 Å². The molecule has 0 radical (unpaired) electrons. The Morgan fingerprint density at radius 3 is 2.82 bits per heavy atom. The maximum absolute atomic E-state index is 13.0. The van der Waals surface area contributed by atoms with E-state index in [2.05, 4.69) is 15.2 Å². The number of para-hydroxylation sites is 2. The smallest absolute Gasteiger partial charge is 0.237 e. The molecule has 0 aliphatic carbocycles. The van der Waals surface area contributed by atoms with E-state index in [1.54, 1.807) is 33.1 Å². The summed E-state index contributed by atoms with van der Waals surface area (Å²) < 4.78 is 16.0.